The van der Waals surface area contributed by atoms with E-state index in [2.05, 4.69) is 14.4 Å². The Kier molecular flexibility index (Phi) is 2.23. The zero-order valence-electron chi connectivity index (χ0n) is 8.32. The van der Waals surface area contributed by atoms with Crippen LogP contribution in [0.5, 0.6) is 0 Å². The molecule has 2 aromatic rings. The summed E-state index contributed by atoms with van der Waals surface area (Å²) in [5.74, 6) is 6.03. The first-order valence-electron chi connectivity index (χ1n) is 4.46. The van der Waals surface area contributed by atoms with Crippen molar-refractivity contribution in [2.75, 3.05) is 0 Å². The fourth-order valence-corrected chi connectivity index (χ4v) is 1.54. The third-order valence-corrected chi connectivity index (χ3v) is 2.42. The lowest BCUT2D eigenvalue weighted by Gasteiger charge is -2.00. The maximum atomic E-state index is 5.03. The molecule has 0 saturated heterocycles. The van der Waals surface area contributed by atoms with Crippen LogP contribution < -0.4 is 5.90 Å². The van der Waals surface area contributed by atoms with Gasteiger partial charge in [-0.1, -0.05) is 6.07 Å². The van der Waals surface area contributed by atoms with Gasteiger partial charge in [0.1, 0.15) is 5.82 Å². The number of hydrogen-bond acceptors (Lipinski definition) is 3. The van der Waals surface area contributed by atoms with E-state index in [1.807, 2.05) is 32.2 Å². The minimum atomic E-state index is 0.431. The highest BCUT2D eigenvalue weighted by Gasteiger charge is 2.04. The van der Waals surface area contributed by atoms with Gasteiger partial charge in [-0.3, -0.25) is 4.84 Å². The zero-order valence-corrected chi connectivity index (χ0v) is 8.32. The van der Waals surface area contributed by atoms with Crippen molar-refractivity contribution in [1.82, 2.24) is 9.55 Å². The Labute approximate surface area is 82.3 Å². The van der Waals surface area contributed by atoms with Crippen molar-refractivity contribution in [2.24, 2.45) is 12.9 Å². The first kappa shape index (κ1) is 9.18. The van der Waals surface area contributed by atoms with E-state index in [4.69, 9.17) is 5.90 Å². The SMILES string of the molecule is Cc1nc2ccc(CON)cc2n1C. The number of aryl methyl sites for hydroxylation is 2. The third-order valence-electron chi connectivity index (χ3n) is 2.42. The Bertz CT molecular complexity index is 462. The van der Waals surface area contributed by atoms with Crippen LogP contribution in [-0.4, -0.2) is 9.55 Å². The number of hydrogen-bond donors (Lipinski definition) is 1. The Morgan fingerprint density at radius 1 is 1.50 bits per heavy atom. The number of imidazole rings is 1. The summed E-state index contributed by atoms with van der Waals surface area (Å²) in [5, 5.41) is 0. The van der Waals surface area contributed by atoms with E-state index in [0.717, 1.165) is 22.4 Å². The minimum Gasteiger partial charge on any atom is -0.331 e. The topological polar surface area (TPSA) is 53.1 Å². The summed E-state index contributed by atoms with van der Waals surface area (Å²) in [7, 11) is 2.00. The van der Waals surface area contributed by atoms with Crippen molar-refractivity contribution in [3.63, 3.8) is 0 Å². The lowest BCUT2D eigenvalue weighted by molar-refractivity contribution is 0.124. The van der Waals surface area contributed by atoms with Crippen molar-refractivity contribution in [1.29, 1.82) is 0 Å². The van der Waals surface area contributed by atoms with Crippen molar-refractivity contribution >= 4 is 11.0 Å². The van der Waals surface area contributed by atoms with Crippen LogP contribution in [0.25, 0.3) is 11.0 Å². The van der Waals surface area contributed by atoms with Crippen LogP contribution in [0.2, 0.25) is 0 Å². The monoisotopic (exact) mass is 191 g/mol. The van der Waals surface area contributed by atoms with Gasteiger partial charge in [-0.05, 0) is 24.6 Å². The number of rotatable bonds is 2. The molecule has 1 aromatic heterocycles. The normalized spacial score (nSPS) is 11.1. The predicted molar refractivity (Wildman–Crippen MR) is 54.4 cm³/mol. The summed E-state index contributed by atoms with van der Waals surface area (Å²) in [5.41, 5.74) is 3.17. The first-order chi connectivity index (χ1) is 6.72. The van der Waals surface area contributed by atoms with E-state index in [9.17, 15) is 0 Å². The van der Waals surface area contributed by atoms with Gasteiger partial charge in [-0.2, -0.15) is 0 Å². The van der Waals surface area contributed by atoms with Crippen molar-refractivity contribution in [3.8, 4) is 0 Å². The predicted octanol–water partition coefficient (Wildman–Crippen LogP) is 1.27. The molecule has 0 spiro atoms. The number of fused-ring (bicyclic) bond motifs is 1. The lowest BCUT2D eigenvalue weighted by atomic mass is 10.2. The van der Waals surface area contributed by atoms with Crippen LogP contribution in [0.15, 0.2) is 18.2 Å². The molecule has 0 bridgehead atoms. The Balaban J connectivity index is 2.58. The van der Waals surface area contributed by atoms with E-state index in [1.165, 1.54) is 0 Å². The summed E-state index contributed by atoms with van der Waals surface area (Å²) in [4.78, 5) is 9.00. The highest BCUT2D eigenvalue weighted by molar-refractivity contribution is 5.76. The minimum absolute atomic E-state index is 0.431. The average molecular weight is 191 g/mol. The molecular formula is C10H13N3O. The van der Waals surface area contributed by atoms with Gasteiger partial charge in [0.05, 0.1) is 17.6 Å². The lowest BCUT2D eigenvalue weighted by Crippen LogP contribution is -1.99. The molecule has 14 heavy (non-hydrogen) atoms. The fraction of sp³-hybridized carbons (Fsp3) is 0.300. The highest BCUT2D eigenvalue weighted by atomic mass is 16.6. The summed E-state index contributed by atoms with van der Waals surface area (Å²) >= 11 is 0. The Morgan fingerprint density at radius 2 is 2.29 bits per heavy atom. The molecule has 4 nitrogen and oxygen atoms in total. The quantitative estimate of drug-likeness (QED) is 0.727. The van der Waals surface area contributed by atoms with Crippen LogP contribution >= 0.6 is 0 Å². The van der Waals surface area contributed by atoms with Crippen molar-refractivity contribution < 1.29 is 4.84 Å². The van der Waals surface area contributed by atoms with Crippen LogP contribution in [0, 0.1) is 6.92 Å². The summed E-state index contributed by atoms with van der Waals surface area (Å²) in [6.45, 7) is 2.42. The largest absolute Gasteiger partial charge is 0.331 e. The average Bonchev–Trinajstić information content (AvgIpc) is 2.45. The second-order valence-corrected chi connectivity index (χ2v) is 3.35. The van der Waals surface area contributed by atoms with Gasteiger partial charge < -0.3 is 4.57 Å². The summed E-state index contributed by atoms with van der Waals surface area (Å²) < 4.78 is 2.05. The first-order valence-corrected chi connectivity index (χ1v) is 4.46. The van der Waals surface area contributed by atoms with Gasteiger partial charge in [0.2, 0.25) is 0 Å². The third kappa shape index (κ3) is 1.38. The molecule has 0 fully saturated rings. The maximum Gasteiger partial charge on any atom is 0.106 e. The molecule has 1 heterocycles. The molecule has 2 rings (SSSR count). The Morgan fingerprint density at radius 3 is 3.00 bits per heavy atom. The number of benzene rings is 1. The van der Waals surface area contributed by atoms with Crippen molar-refractivity contribution in [3.05, 3.63) is 29.6 Å². The molecule has 0 saturated carbocycles. The van der Waals surface area contributed by atoms with Crippen LogP contribution in [0.4, 0.5) is 0 Å². The van der Waals surface area contributed by atoms with E-state index in [-0.39, 0.29) is 0 Å². The van der Waals surface area contributed by atoms with E-state index in [1.54, 1.807) is 0 Å². The molecule has 0 atom stereocenters. The van der Waals surface area contributed by atoms with Gasteiger partial charge in [-0.15, -0.1) is 0 Å². The summed E-state index contributed by atoms with van der Waals surface area (Å²) in [6, 6.07) is 6.00. The summed E-state index contributed by atoms with van der Waals surface area (Å²) in [6.07, 6.45) is 0. The molecule has 74 valence electrons. The van der Waals surface area contributed by atoms with Crippen LogP contribution in [0.3, 0.4) is 0 Å². The number of nitrogens with zero attached hydrogens (tertiary/aromatic N) is 2. The van der Waals surface area contributed by atoms with Gasteiger partial charge in [0.25, 0.3) is 0 Å². The Hall–Kier alpha value is -1.39. The van der Waals surface area contributed by atoms with Crippen molar-refractivity contribution in [2.45, 2.75) is 13.5 Å². The molecule has 0 radical (unpaired) electrons. The second kappa shape index (κ2) is 3.40. The molecule has 0 unspecified atom stereocenters. The van der Waals surface area contributed by atoms with Crippen LogP contribution in [0.1, 0.15) is 11.4 Å². The standard InChI is InChI=1S/C10H13N3O/c1-7-12-9-4-3-8(6-14-11)5-10(9)13(7)2/h3-5H,6,11H2,1-2H3. The van der Waals surface area contributed by atoms with Gasteiger partial charge in [0, 0.05) is 7.05 Å². The molecule has 0 aliphatic heterocycles. The smallest absolute Gasteiger partial charge is 0.106 e. The second-order valence-electron chi connectivity index (χ2n) is 3.35. The maximum absolute atomic E-state index is 5.03. The molecule has 1 aromatic carbocycles. The highest BCUT2D eigenvalue weighted by Crippen LogP contribution is 2.16. The molecule has 4 heteroatoms. The van der Waals surface area contributed by atoms with Gasteiger partial charge >= 0.3 is 0 Å². The molecule has 2 N–H and O–H groups in total. The number of nitrogens with two attached hydrogens (primary N) is 1. The van der Waals surface area contributed by atoms with E-state index in [0.29, 0.717) is 6.61 Å². The van der Waals surface area contributed by atoms with Crippen LogP contribution in [-0.2, 0) is 18.5 Å². The fourth-order valence-electron chi connectivity index (χ4n) is 1.54. The van der Waals surface area contributed by atoms with E-state index >= 15 is 0 Å². The van der Waals surface area contributed by atoms with Gasteiger partial charge in [0.15, 0.2) is 0 Å². The van der Waals surface area contributed by atoms with Gasteiger partial charge in [-0.25, -0.2) is 10.9 Å². The molecular weight excluding hydrogens is 178 g/mol. The molecule has 0 aliphatic carbocycles. The number of aromatic nitrogens is 2. The zero-order chi connectivity index (χ0) is 10.1. The van der Waals surface area contributed by atoms with E-state index < -0.39 is 0 Å². The molecule has 0 amide bonds. The molecule has 0 aliphatic rings.